The number of methoxy groups -OCH3 is 1. The van der Waals surface area contributed by atoms with Gasteiger partial charge in [-0.2, -0.15) is 5.26 Å². The van der Waals surface area contributed by atoms with Gasteiger partial charge in [-0.05, 0) is 30.5 Å². The van der Waals surface area contributed by atoms with Crippen molar-refractivity contribution in [1.29, 1.82) is 5.26 Å². The van der Waals surface area contributed by atoms with Crippen LogP contribution in [-0.2, 0) is 14.3 Å². The van der Waals surface area contributed by atoms with Crippen LogP contribution >= 0.6 is 11.8 Å². The number of likely N-dealkylation sites (tertiary alicyclic amines) is 1. The summed E-state index contributed by atoms with van der Waals surface area (Å²) in [7, 11) is 1.31. The maximum absolute atomic E-state index is 12.6. The fourth-order valence-corrected chi connectivity index (χ4v) is 4.71. The highest BCUT2D eigenvalue weighted by Gasteiger charge is 2.30. The fourth-order valence-electron chi connectivity index (χ4n) is 3.73. The van der Waals surface area contributed by atoms with Gasteiger partial charge in [-0.1, -0.05) is 36.7 Å². The van der Waals surface area contributed by atoms with Gasteiger partial charge in [0.05, 0.1) is 35.1 Å². The molecule has 1 N–H and O–H groups in total. The number of rotatable bonds is 5. The molecule has 1 fully saturated rings. The Bertz CT molecular complexity index is 881. The fraction of sp³-hybridized carbons (Fsp3) is 0.455. The van der Waals surface area contributed by atoms with Crippen LogP contribution in [-0.4, -0.2) is 48.6 Å². The Morgan fingerprint density at radius 2 is 1.87 bits per heavy atom. The maximum atomic E-state index is 12.6. The second kappa shape index (κ2) is 10.3. The molecule has 0 bridgehead atoms. The highest BCUT2D eigenvalue weighted by atomic mass is 32.2. The Hall–Kier alpha value is -2.79. The first-order valence-corrected chi connectivity index (χ1v) is 11.0. The average molecular weight is 428 g/mol. The Balaban J connectivity index is 1.76. The van der Waals surface area contributed by atoms with Gasteiger partial charge in [-0.3, -0.25) is 9.59 Å². The van der Waals surface area contributed by atoms with Crippen molar-refractivity contribution in [2.24, 2.45) is 0 Å². The molecule has 1 aromatic rings. The minimum absolute atomic E-state index is 0.0329. The summed E-state index contributed by atoms with van der Waals surface area (Å²) in [5, 5.41) is 13.0. The Morgan fingerprint density at radius 3 is 2.47 bits per heavy atom. The van der Waals surface area contributed by atoms with E-state index in [2.05, 4.69) is 11.4 Å². The minimum Gasteiger partial charge on any atom is -0.465 e. The molecular weight excluding hydrogens is 402 g/mol. The first-order chi connectivity index (χ1) is 14.5. The topological polar surface area (TPSA) is 99.5 Å². The molecule has 158 valence electrons. The predicted molar refractivity (Wildman–Crippen MR) is 113 cm³/mol. The van der Waals surface area contributed by atoms with Crippen molar-refractivity contribution in [2.75, 3.05) is 26.0 Å². The lowest BCUT2D eigenvalue weighted by atomic mass is 9.87. The lowest BCUT2D eigenvalue weighted by molar-refractivity contribution is -0.128. The highest BCUT2D eigenvalue weighted by Crippen LogP contribution is 2.36. The van der Waals surface area contributed by atoms with Crippen molar-refractivity contribution in [3.05, 3.63) is 46.0 Å². The maximum Gasteiger partial charge on any atom is 0.337 e. The van der Waals surface area contributed by atoms with E-state index in [-0.39, 0.29) is 24.0 Å². The van der Waals surface area contributed by atoms with Crippen LogP contribution in [0, 0.1) is 11.3 Å². The molecule has 3 rings (SSSR count). The third-order valence-corrected chi connectivity index (χ3v) is 6.39. The summed E-state index contributed by atoms with van der Waals surface area (Å²) in [4.78, 5) is 38.4. The van der Waals surface area contributed by atoms with Gasteiger partial charge < -0.3 is 15.0 Å². The zero-order chi connectivity index (χ0) is 21.5. The summed E-state index contributed by atoms with van der Waals surface area (Å²) in [5.41, 5.74) is 1.61. The van der Waals surface area contributed by atoms with E-state index in [4.69, 9.17) is 4.74 Å². The quantitative estimate of drug-likeness (QED) is 0.726. The van der Waals surface area contributed by atoms with Gasteiger partial charge in [0.1, 0.15) is 0 Å². The number of benzene rings is 1. The predicted octanol–water partition coefficient (Wildman–Crippen LogP) is 2.95. The number of carbonyl (C=O) groups excluding carboxylic acids is 3. The van der Waals surface area contributed by atoms with E-state index in [9.17, 15) is 19.6 Å². The van der Waals surface area contributed by atoms with Gasteiger partial charge >= 0.3 is 5.97 Å². The lowest BCUT2D eigenvalue weighted by Gasteiger charge is -2.26. The summed E-state index contributed by atoms with van der Waals surface area (Å²) in [6, 6.07) is 8.93. The summed E-state index contributed by atoms with van der Waals surface area (Å²) in [6.07, 6.45) is 4.47. The number of hydrogen-bond acceptors (Lipinski definition) is 6. The first-order valence-electron chi connectivity index (χ1n) is 10.1. The van der Waals surface area contributed by atoms with E-state index in [1.807, 2.05) is 4.90 Å². The van der Waals surface area contributed by atoms with Crippen LogP contribution in [0.1, 0.15) is 53.9 Å². The lowest BCUT2D eigenvalue weighted by Crippen LogP contribution is -2.35. The largest absolute Gasteiger partial charge is 0.465 e. The van der Waals surface area contributed by atoms with E-state index in [0.717, 1.165) is 44.3 Å². The molecule has 8 heteroatoms. The van der Waals surface area contributed by atoms with E-state index >= 15 is 0 Å². The molecular formula is C22H25N3O4S. The number of amides is 2. The summed E-state index contributed by atoms with van der Waals surface area (Å²) >= 11 is 1.21. The molecule has 1 saturated heterocycles. The summed E-state index contributed by atoms with van der Waals surface area (Å²) in [6.45, 7) is 1.54. The van der Waals surface area contributed by atoms with Crippen LogP contribution < -0.4 is 5.32 Å². The number of ether oxygens (including phenoxy) is 1. The number of hydrogen-bond donors (Lipinski definition) is 1. The van der Waals surface area contributed by atoms with Crippen LogP contribution in [0.15, 0.2) is 34.9 Å². The van der Waals surface area contributed by atoms with Crippen LogP contribution in [0.4, 0.5) is 0 Å². The van der Waals surface area contributed by atoms with Crippen LogP contribution in [0.3, 0.4) is 0 Å². The number of thioether (sulfide) groups is 1. The number of carbonyl (C=O) groups is 3. The first kappa shape index (κ1) is 21.9. The van der Waals surface area contributed by atoms with Crippen molar-refractivity contribution in [3.63, 3.8) is 0 Å². The second-order valence-electron chi connectivity index (χ2n) is 7.36. The van der Waals surface area contributed by atoms with Crippen molar-refractivity contribution >= 4 is 29.5 Å². The molecule has 7 nitrogen and oxygen atoms in total. The molecule has 1 aromatic carbocycles. The third kappa shape index (κ3) is 5.22. The van der Waals surface area contributed by atoms with Crippen LogP contribution in [0.25, 0.3) is 0 Å². The van der Waals surface area contributed by atoms with Gasteiger partial charge in [0.25, 0.3) is 0 Å². The number of nitrogens with one attached hydrogen (secondary N) is 1. The van der Waals surface area contributed by atoms with Crippen LogP contribution in [0.5, 0.6) is 0 Å². The van der Waals surface area contributed by atoms with Crippen LogP contribution in [0.2, 0.25) is 0 Å². The SMILES string of the molecule is COC(=O)c1ccc([C@H]2CC(=O)NC(SCC(=O)N3CCCCCC3)=C2C#N)cc1. The van der Waals surface area contributed by atoms with Crippen molar-refractivity contribution in [1.82, 2.24) is 10.2 Å². The van der Waals surface area contributed by atoms with E-state index in [1.54, 1.807) is 24.3 Å². The zero-order valence-corrected chi connectivity index (χ0v) is 17.8. The van der Waals surface area contributed by atoms with E-state index in [1.165, 1.54) is 18.9 Å². The summed E-state index contributed by atoms with van der Waals surface area (Å²) < 4.78 is 4.71. The minimum atomic E-state index is -0.442. The molecule has 0 aliphatic carbocycles. The standard InChI is InChI=1S/C22H25N3O4S/c1-29-22(28)16-8-6-15(7-9-16)17-12-19(26)24-21(18(17)13-23)30-14-20(27)25-10-4-2-3-5-11-25/h6-9,17H,2-5,10-12,14H2,1H3,(H,24,26)/t17-/m1/s1. The Morgan fingerprint density at radius 1 is 1.20 bits per heavy atom. The molecule has 2 amide bonds. The van der Waals surface area contributed by atoms with Gasteiger partial charge in [0, 0.05) is 25.4 Å². The molecule has 2 aliphatic rings. The smallest absolute Gasteiger partial charge is 0.337 e. The number of nitrogens with zero attached hydrogens (tertiary/aromatic N) is 2. The molecule has 0 unspecified atom stereocenters. The highest BCUT2D eigenvalue weighted by molar-refractivity contribution is 8.03. The molecule has 1 atom stereocenters. The monoisotopic (exact) mass is 427 g/mol. The molecule has 0 radical (unpaired) electrons. The second-order valence-corrected chi connectivity index (χ2v) is 8.34. The van der Waals surface area contributed by atoms with Gasteiger partial charge in [0.2, 0.25) is 11.8 Å². The number of nitriles is 1. The van der Waals surface area contributed by atoms with E-state index < -0.39 is 11.9 Å². The average Bonchev–Trinajstić information content (AvgIpc) is 3.06. The molecule has 2 aliphatic heterocycles. The van der Waals surface area contributed by atoms with Crippen molar-refractivity contribution in [2.45, 2.75) is 38.0 Å². The molecule has 0 spiro atoms. The summed E-state index contributed by atoms with van der Waals surface area (Å²) in [5.74, 6) is -0.825. The van der Waals surface area contributed by atoms with Crippen molar-refractivity contribution in [3.8, 4) is 6.07 Å². The number of allylic oxidation sites excluding steroid dienone is 1. The Kier molecular flexibility index (Phi) is 7.52. The normalized spacial score (nSPS) is 19.5. The molecule has 0 saturated carbocycles. The molecule has 30 heavy (non-hydrogen) atoms. The van der Waals surface area contributed by atoms with Gasteiger partial charge in [-0.15, -0.1) is 0 Å². The number of esters is 1. The molecule has 2 heterocycles. The van der Waals surface area contributed by atoms with Gasteiger partial charge in [0.15, 0.2) is 0 Å². The zero-order valence-electron chi connectivity index (χ0n) is 17.0. The molecule has 0 aromatic heterocycles. The third-order valence-electron chi connectivity index (χ3n) is 5.39. The van der Waals surface area contributed by atoms with E-state index in [0.29, 0.717) is 16.2 Å². The van der Waals surface area contributed by atoms with Gasteiger partial charge in [-0.25, -0.2) is 4.79 Å². The van der Waals surface area contributed by atoms with Crippen molar-refractivity contribution < 1.29 is 19.1 Å². The Labute approximate surface area is 180 Å².